The van der Waals surface area contributed by atoms with Gasteiger partial charge in [-0.05, 0) is 6.08 Å². The predicted octanol–water partition coefficient (Wildman–Crippen LogP) is 0.313. The lowest BCUT2D eigenvalue weighted by Crippen LogP contribution is -2.10. The van der Waals surface area contributed by atoms with Crippen LogP contribution in [-0.2, 0) is 4.79 Å². The van der Waals surface area contributed by atoms with Crippen molar-refractivity contribution in [2.24, 2.45) is 5.73 Å². The molecule has 0 aromatic rings. The molecule has 0 heterocycles. The summed E-state index contributed by atoms with van der Waals surface area (Å²) in [6, 6.07) is 0. The SMILES string of the molecule is N=C(C=O)/C=C(\N)C(F)F. The number of aldehydes is 1. The van der Waals surface area contributed by atoms with E-state index in [0.717, 1.165) is 0 Å². The number of halogens is 2. The molecule has 0 rings (SSSR count). The Hall–Kier alpha value is -1.26. The van der Waals surface area contributed by atoms with Gasteiger partial charge in [0.05, 0.1) is 11.4 Å². The molecule has 10 heavy (non-hydrogen) atoms. The van der Waals surface area contributed by atoms with Crippen molar-refractivity contribution in [1.82, 2.24) is 0 Å². The number of rotatable bonds is 3. The zero-order valence-electron chi connectivity index (χ0n) is 4.97. The van der Waals surface area contributed by atoms with Gasteiger partial charge in [-0.15, -0.1) is 0 Å². The summed E-state index contributed by atoms with van der Waals surface area (Å²) in [5.41, 5.74) is 3.38. The van der Waals surface area contributed by atoms with E-state index in [2.05, 4.69) is 0 Å². The monoisotopic (exact) mass is 148 g/mol. The maximum atomic E-state index is 11.5. The number of hydrogen-bond acceptors (Lipinski definition) is 3. The molecule has 0 amide bonds. The number of carbonyl (C=O) groups is 1. The third-order valence-corrected chi connectivity index (χ3v) is 0.701. The van der Waals surface area contributed by atoms with Crippen molar-refractivity contribution in [2.75, 3.05) is 0 Å². The van der Waals surface area contributed by atoms with Gasteiger partial charge < -0.3 is 5.73 Å². The van der Waals surface area contributed by atoms with Crippen LogP contribution in [0.4, 0.5) is 8.78 Å². The molecule has 56 valence electrons. The van der Waals surface area contributed by atoms with E-state index in [-0.39, 0.29) is 6.29 Å². The Labute approximate surface area is 56.0 Å². The summed E-state index contributed by atoms with van der Waals surface area (Å²) in [4.78, 5) is 9.69. The first-order chi connectivity index (χ1) is 4.57. The van der Waals surface area contributed by atoms with Crippen LogP contribution in [0, 0.1) is 5.41 Å². The molecule has 0 aliphatic rings. The molecular formula is C5H6F2N2O. The fourth-order valence-electron chi connectivity index (χ4n) is 0.277. The second-order valence-corrected chi connectivity index (χ2v) is 1.52. The van der Waals surface area contributed by atoms with E-state index in [1.807, 2.05) is 0 Å². The van der Waals surface area contributed by atoms with Gasteiger partial charge >= 0.3 is 0 Å². The van der Waals surface area contributed by atoms with Crippen LogP contribution >= 0.6 is 0 Å². The largest absolute Gasteiger partial charge is 0.397 e. The summed E-state index contributed by atoms with van der Waals surface area (Å²) >= 11 is 0. The summed E-state index contributed by atoms with van der Waals surface area (Å²) in [5.74, 6) is 0. The molecule has 5 heteroatoms. The molecule has 0 atom stereocenters. The molecule has 3 nitrogen and oxygen atoms in total. The molecular weight excluding hydrogens is 142 g/mol. The van der Waals surface area contributed by atoms with Crippen LogP contribution in [0.2, 0.25) is 0 Å². The van der Waals surface area contributed by atoms with Crippen molar-refractivity contribution in [3.8, 4) is 0 Å². The quantitative estimate of drug-likeness (QED) is 0.447. The third-order valence-electron chi connectivity index (χ3n) is 0.701. The van der Waals surface area contributed by atoms with Gasteiger partial charge in [0, 0.05) is 0 Å². The standard InChI is InChI=1S/C5H6F2N2O/c6-5(7)4(9)1-3(8)2-10/h1-2,5,8H,9H2/b4-1-,8-3?. The molecule has 0 spiro atoms. The van der Waals surface area contributed by atoms with Crippen molar-refractivity contribution in [1.29, 1.82) is 5.41 Å². The number of hydrogen-bond donors (Lipinski definition) is 2. The number of allylic oxidation sites excluding steroid dienone is 2. The maximum absolute atomic E-state index is 11.5. The van der Waals surface area contributed by atoms with E-state index in [9.17, 15) is 13.6 Å². The van der Waals surface area contributed by atoms with E-state index in [4.69, 9.17) is 11.1 Å². The normalized spacial score (nSPS) is 11.7. The van der Waals surface area contributed by atoms with Crippen LogP contribution in [0.25, 0.3) is 0 Å². The Kier molecular flexibility index (Phi) is 3.24. The van der Waals surface area contributed by atoms with Gasteiger partial charge in [0.1, 0.15) is 0 Å². The fourth-order valence-corrected chi connectivity index (χ4v) is 0.277. The molecule has 0 bridgehead atoms. The van der Waals surface area contributed by atoms with E-state index >= 15 is 0 Å². The summed E-state index contributed by atoms with van der Waals surface area (Å²) in [5, 5.41) is 6.60. The fraction of sp³-hybridized carbons (Fsp3) is 0.200. The van der Waals surface area contributed by atoms with Gasteiger partial charge in [0.2, 0.25) is 0 Å². The van der Waals surface area contributed by atoms with E-state index in [1.54, 1.807) is 0 Å². The molecule has 0 aromatic heterocycles. The lowest BCUT2D eigenvalue weighted by molar-refractivity contribution is -0.102. The minimum atomic E-state index is -2.81. The highest BCUT2D eigenvalue weighted by molar-refractivity contribution is 6.32. The predicted molar refractivity (Wildman–Crippen MR) is 32.1 cm³/mol. The van der Waals surface area contributed by atoms with Crippen molar-refractivity contribution in [3.05, 3.63) is 11.8 Å². The molecule has 0 saturated heterocycles. The highest BCUT2D eigenvalue weighted by Crippen LogP contribution is 2.00. The van der Waals surface area contributed by atoms with Gasteiger partial charge in [0.25, 0.3) is 6.43 Å². The number of nitrogens with two attached hydrogens (primary N) is 1. The zero-order valence-corrected chi connectivity index (χ0v) is 4.97. The zero-order chi connectivity index (χ0) is 8.15. The minimum Gasteiger partial charge on any atom is -0.397 e. The first kappa shape index (κ1) is 8.74. The summed E-state index contributed by atoms with van der Waals surface area (Å²) in [6.07, 6.45) is -2.05. The minimum absolute atomic E-state index is 0.134. The Bertz CT molecular complexity index is 176. The lowest BCUT2D eigenvalue weighted by Gasteiger charge is -1.95. The Morgan fingerprint density at radius 2 is 2.10 bits per heavy atom. The molecule has 0 saturated carbocycles. The highest BCUT2D eigenvalue weighted by atomic mass is 19.3. The summed E-state index contributed by atoms with van der Waals surface area (Å²) in [7, 11) is 0. The van der Waals surface area contributed by atoms with Gasteiger partial charge in [0.15, 0.2) is 6.29 Å². The molecule has 0 fully saturated rings. The van der Waals surface area contributed by atoms with Crippen molar-refractivity contribution in [3.63, 3.8) is 0 Å². The van der Waals surface area contributed by atoms with Gasteiger partial charge in [-0.2, -0.15) is 0 Å². The molecule has 0 aliphatic heterocycles. The average molecular weight is 148 g/mol. The molecule has 3 N–H and O–H groups in total. The van der Waals surface area contributed by atoms with Crippen molar-refractivity contribution < 1.29 is 13.6 Å². The average Bonchev–Trinajstić information content (AvgIpc) is 1.87. The first-order valence-corrected chi connectivity index (χ1v) is 2.37. The van der Waals surface area contributed by atoms with E-state index < -0.39 is 17.8 Å². The Morgan fingerprint density at radius 3 is 2.40 bits per heavy atom. The Balaban J connectivity index is 4.16. The van der Waals surface area contributed by atoms with Crippen molar-refractivity contribution in [2.45, 2.75) is 6.43 Å². The smallest absolute Gasteiger partial charge is 0.277 e. The van der Waals surface area contributed by atoms with E-state index in [1.165, 1.54) is 0 Å². The van der Waals surface area contributed by atoms with Crippen LogP contribution in [-0.4, -0.2) is 18.4 Å². The topological polar surface area (TPSA) is 66.9 Å². The lowest BCUT2D eigenvalue weighted by atomic mass is 10.3. The molecule has 0 aliphatic carbocycles. The summed E-state index contributed by atoms with van der Waals surface area (Å²) in [6.45, 7) is 0. The maximum Gasteiger partial charge on any atom is 0.277 e. The second-order valence-electron chi connectivity index (χ2n) is 1.52. The van der Waals surface area contributed by atoms with Crippen LogP contribution < -0.4 is 5.73 Å². The summed E-state index contributed by atoms with van der Waals surface area (Å²) < 4.78 is 23.0. The third kappa shape index (κ3) is 2.91. The van der Waals surface area contributed by atoms with Gasteiger partial charge in [-0.25, -0.2) is 8.78 Å². The molecule has 0 radical (unpaired) electrons. The first-order valence-electron chi connectivity index (χ1n) is 2.37. The van der Waals surface area contributed by atoms with Crippen LogP contribution in [0.1, 0.15) is 0 Å². The van der Waals surface area contributed by atoms with Crippen LogP contribution in [0.15, 0.2) is 11.8 Å². The van der Waals surface area contributed by atoms with E-state index in [0.29, 0.717) is 6.08 Å². The number of nitrogens with one attached hydrogen (secondary N) is 1. The number of alkyl halides is 2. The Morgan fingerprint density at radius 1 is 1.60 bits per heavy atom. The van der Waals surface area contributed by atoms with Crippen LogP contribution in [0.3, 0.4) is 0 Å². The molecule has 0 aromatic carbocycles. The number of carbonyl (C=O) groups excluding carboxylic acids is 1. The van der Waals surface area contributed by atoms with Crippen LogP contribution in [0.5, 0.6) is 0 Å². The molecule has 0 unspecified atom stereocenters. The van der Waals surface area contributed by atoms with Gasteiger partial charge in [-0.1, -0.05) is 0 Å². The van der Waals surface area contributed by atoms with Crippen molar-refractivity contribution >= 4 is 12.0 Å². The van der Waals surface area contributed by atoms with Gasteiger partial charge in [-0.3, -0.25) is 10.2 Å². The second kappa shape index (κ2) is 3.71. The highest BCUT2D eigenvalue weighted by Gasteiger charge is 2.05.